The summed E-state index contributed by atoms with van der Waals surface area (Å²) in [6.07, 6.45) is 8.96. The van der Waals surface area contributed by atoms with Crippen LogP contribution in [0.2, 0.25) is 0 Å². The van der Waals surface area contributed by atoms with Crippen LogP contribution in [0.3, 0.4) is 0 Å². The summed E-state index contributed by atoms with van der Waals surface area (Å²) in [4.78, 5) is 31.7. The van der Waals surface area contributed by atoms with Crippen molar-refractivity contribution in [1.82, 2.24) is 25.1 Å². The molecule has 0 bridgehead atoms. The summed E-state index contributed by atoms with van der Waals surface area (Å²) in [5.41, 5.74) is 0. The second-order valence-corrected chi connectivity index (χ2v) is 7.21. The number of carbonyl (C=O) groups is 2. The molecule has 2 atom stereocenters. The number of imidazole rings is 1. The van der Waals surface area contributed by atoms with Crippen molar-refractivity contribution in [3.63, 3.8) is 0 Å². The minimum atomic E-state index is -0.504. The fraction of sp³-hybridized carbons (Fsp3) is 0.722. The van der Waals surface area contributed by atoms with E-state index >= 15 is 0 Å². The van der Waals surface area contributed by atoms with Crippen molar-refractivity contribution in [2.45, 2.75) is 51.1 Å². The van der Waals surface area contributed by atoms with Gasteiger partial charge in [-0.25, -0.2) is 4.98 Å². The highest BCUT2D eigenvalue weighted by atomic mass is 16.2. The molecule has 1 aromatic rings. The Morgan fingerprint density at radius 2 is 2.08 bits per heavy atom. The highest BCUT2D eigenvalue weighted by Crippen LogP contribution is 2.24. The number of aromatic nitrogens is 2. The summed E-state index contributed by atoms with van der Waals surface area (Å²) in [6.45, 7) is 3.86. The molecule has 2 aliphatic rings. The molecule has 1 saturated carbocycles. The SMILES string of the molecule is C[C@H](NC(=O)C1CCCCC1)C(=O)N1CCNCC1c1nccn1C. The first-order valence-electron chi connectivity index (χ1n) is 9.36. The van der Waals surface area contributed by atoms with Gasteiger partial charge in [0.1, 0.15) is 17.9 Å². The number of piperazine rings is 1. The van der Waals surface area contributed by atoms with E-state index in [1.165, 1.54) is 6.42 Å². The molecule has 1 unspecified atom stereocenters. The maximum absolute atomic E-state index is 13.0. The predicted octanol–water partition coefficient (Wildman–Crippen LogP) is 0.978. The van der Waals surface area contributed by atoms with Crippen LogP contribution < -0.4 is 10.6 Å². The third kappa shape index (κ3) is 4.03. The molecule has 2 N–H and O–H groups in total. The second kappa shape index (κ2) is 7.99. The van der Waals surface area contributed by atoms with Gasteiger partial charge in [-0.3, -0.25) is 9.59 Å². The summed E-state index contributed by atoms with van der Waals surface area (Å²) in [7, 11) is 1.94. The molecular formula is C18H29N5O2. The van der Waals surface area contributed by atoms with Gasteiger partial charge in [-0.1, -0.05) is 19.3 Å². The van der Waals surface area contributed by atoms with Gasteiger partial charge in [0, 0.05) is 45.0 Å². The van der Waals surface area contributed by atoms with E-state index in [2.05, 4.69) is 15.6 Å². The van der Waals surface area contributed by atoms with Crippen molar-refractivity contribution in [3.05, 3.63) is 18.2 Å². The molecule has 25 heavy (non-hydrogen) atoms. The molecule has 0 radical (unpaired) electrons. The zero-order chi connectivity index (χ0) is 17.8. The van der Waals surface area contributed by atoms with E-state index in [0.29, 0.717) is 13.1 Å². The average molecular weight is 347 g/mol. The predicted molar refractivity (Wildman–Crippen MR) is 94.7 cm³/mol. The maximum atomic E-state index is 13.0. The monoisotopic (exact) mass is 347 g/mol. The van der Waals surface area contributed by atoms with Gasteiger partial charge in [-0.05, 0) is 19.8 Å². The van der Waals surface area contributed by atoms with E-state index in [-0.39, 0.29) is 23.8 Å². The van der Waals surface area contributed by atoms with Crippen LogP contribution in [0.4, 0.5) is 0 Å². The highest BCUT2D eigenvalue weighted by Gasteiger charge is 2.34. The van der Waals surface area contributed by atoms with Crippen LogP contribution in [0.15, 0.2) is 12.4 Å². The zero-order valence-corrected chi connectivity index (χ0v) is 15.2. The number of hydrogen-bond acceptors (Lipinski definition) is 4. The molecule has 138 valence electrons. The average Bonchev–Trinajstić information content (AvgIpc) is 3.07. The Kier molecular flexibility index (Phi) is 5.73. The summed E-state index contributed by atoms with van der Waals surface area (Å²) in [5, 5.41) is 6.28. The van der Waals surface area contributed by atoms with Crippen molar-refractivity contribution in [2.24, 2.45) is 13.0 Å². The van der Waals surface area contributed by atoms with Gasteiger partial charge in [0.25, 0.3) is 0 Å². The Labute approximate surface area is 149 Å². The lowest BCUT2D eigenvalue weighted by Gasteiger charge is -2.37. The van der Waals surface area contributed by atoms with Gasteiger partial charge < -0.3 is 20.1 Å². The van der Waals surface area contributed by atoms with Crippen molar-refractivity contribution < 1.29 is 9.59 Å². The van der Waals surface area contributed by atoms with Crippen molar-refractivity contribution in [3.8, 4) is 0 Å². The van der Waals surface area contributed by atoms with Crippen LogP contribution in [0.1, 0.15) is 50.9 Å². The molecule has 7 nitrogen and oxygen atoms in total. The minimum absolute atomic E-state index is 0.0290. The molecule has 2 fully saturated rings. The third-order valence-corrected chi connectivity index (χ3v) is 5.39. The number of rotatable bonds is 4. The number of nitrogens with one attached hydrogen (secondary N) is 2. The number of hydrogen-bond donors (Lipinski definition) is 2. The molecule has 1 aliphatic heterocycles. The largest absolute Gasteiger partial charge is 0.344 e. The lowest BCUT2D eigenvalue weighted by Crippen LogP contribution is -2.55. The first-order chi connectivity index (χ1) is 12.1. The smallest absolute Gasteiger partial charge is 0.245 e. The number of aryl methyl sites for hydroxylation is 1. The summed E-state index contributed by atoms with van der Waals surface area (Å²) in [5.74, 6) is 0.937. The van der Waals surface area contributed by atoms with Gasteiger partial charge in [0.15, 0.2) is 0 Å². The van der Waals surface area contributed by atoms with Gasteiger partial charge in [0.2, 0.25) is 11.8 Å². The van der Waals surface area contributed by atoms with Crippen LogP contribution in [0.5, 0.6) is 0 Å². The fourth-order valence-corrected chi connectivity index (χ4v) is 3.90. The first kappa shape index (κ1) is 17.9. The Morgan fingerprint density at radius 3 is 2.76 bits per heavy atom. The summed E-state index contributed by atoms with van der Waals surface area (Å²) in [6, 6.07) is -0.606. The molecule has 2 amide bonds. The molecular weight excluding hydrogens is 318 g/mol. The maximum Gasteiger partial charge on any atom is 0.245 e. The van der Waals surface area contributed by atoms with E-state index in [1.807, 2.05) is 22.7 Å². The Morgan fingerprint density at radius 1 is 1.32 bits per heavy atom. The Hall–Kier alpha value is -1.89. The topological polar surface area (TPSA) is 79.3 Å². The highest BCUT2D eigenvalue weighted by molar-refractivity contribution is 5.88. The van der Waals surface area contributed by atoms with Crippen LogP contribution in [0, 0.1) is 5.92 Å². The van der Waals surface area contributed by atoms with Crippen LogP contribution >= 0.6 is 0 Å². The number of carbonyl (C=O) groups excluding carboxylic acids is 2. The van der Waals surface area contributed by atoms with Crippen molar-refractivity contribution in [1.29, 1.82) is 0 Å². The number of amides is 2. The minimum Gasteiger partial charge on any atom is -0.344 e. The first-order valence-corrected chi connectivity index (χ1v) is 9.36. The van der Waals surface area contributed by atoms with Crippen LogP contribution in [-0.4, -0.2) is 51.9 Å². The quantitative estimate of drug-likeness (QED) is 0.851. The van der Waals surface area contributed by atoms with Crippen molar-refractivity contribution >= 4 is 11.8 Å². The lowest BCUT2D eigenvalue weighted by molar-refractivity contribution is -0.140. The summed E-state index contributed by atoms with van der Waals surface area (Å²) >= 11 is 0. The molecule has 1 saturated heterocycles. The van der Waals surface area contributed by atoms with E-state index in [0.717, 1.165) is 38.1 Å². The summed E-state index contributed by atoms with van der Waals surface area (Å²) < 4.78 is 1.95. The molecule has 1 aromatic heterocycles. The van der Waals surface area contributed by atoms with Crippen LogP contribution in [0.25, 0.3) is 0 Å². The van der Waals surface area contributed by atoms with Gasteiger partial charge in [0.05, 0.1) is 0 Å². The fourth-order valence-electron chi connectivity index (χ4n) is 3.90. The van der Waals surface area contributed by atoms with E-state index in [4.69, 9.17) is 0 Å². The van der Waals surface area contributed by atoms with Crippen LogP contribution in [-0.2, 0) is 16.6 Å². The molecule has 3 rings (SSSR count). The number of nitrogens with zero attached hydrogens (tertiary/aromatic N) is 3. The molecule has 0 spiro atoms. The molecule has 1 aliphatic carbocycles. The van der Waals surface area contributed by atoms with Gasteiger partial charge >= 0.3 is 0 Å². The van der Waals surface area contributed by atoms with Crippen molar-refractivity contribution in [2.75, 3.05) is 19.6 Å². The van der Waals surface area contributed by atoms with Gasteiger partial charge in [-0.15, -0.1) is 0 Å². The second-order valence-electron chi connectivity index (χ2n) is 7.21. The Balaban J connectivity index is 1.65. The third-order valence-electron chi connectivity index (χ3n) is 5.39. The van der Waals surface area contributed by atoms with E-state index in [1.54, 1.807) is 13.1 Å². The normalized spacial score (nSPS) is 23.3. The van der Waals surface area contributed by atoms with E-state index in [9.17, 15) is 9.59 Å². The molecule has 2 heterocycles. The molecule has 0 aromatic carbocycles. The zero-order valence-electron chi connectivity index (χ0n) is 15.2. The standard InChI is InChI=1S/C18H29N5O2/c1-13(21-17(24)14-6-4-3-5-7-14)18(25)23-11-8-19-12-15(23)16-20-9-10-22(16)2/h9-10,13-15,19H,3-8,11-12H2,1-2H3,(H,21,24)/t13-,15?/m0/s1. The lowest BCUT2D eigenvalue weighted by atomic mass is 9.88. The van der Waals surface area contributed by atoms with Gasteiger partial charge in [-0.2, -0.15) is 0 Å². The Bertz CT molecular complexity index is 608. The van der Waals surface area contributed by atoms with E-state index < -0.39 is 6.04 Å². The molecule has 7 heteroatoms.